The van der Waals surface area contributed by atoms with E-state index >= 15 is 0 Å². The van der Waals surface area contributed by atoms with Gasteiger partial charge in [-0.05, 0) is 56.9 Å². The van der Waals surface area contributed by atoms with Gasteiger partial charge >= 0.3 is 0 Å². The molecule has 0 radical (unpaired) electrons. The fraction of sp³-hybridized carbons (Fsp3) is 0.533. The second-order valence-electron chi connectivity index (χ2n) is 4.92. The highest BCUT2D eigenvalue weighted by atomic mass is 32.2. The lowest BCUT2D eigenvalue weighted by atomic mass is 10.0. The van der Waals surface area contributed by atoms with Crippen LogP contribution in [0.25, 0.3) is 0 Å². The maximum absolute atomic E-state index is 13.6. The van der Waals surface area contributed by atoms with Crippen LogP contribution in [0.1, 0.15) is 36.2 Å². The third-order valence-corrected chi connectivity index (χ3v) is 4.08. The van der Waals surface area contributed by atoms with Crippen LogP contribution in [0.15, 0.2) is 12.1 Å². The van der Waals surface area contributed by atoms with Gasteiger partial charge in [0.2, 0.25) is 0 Å². The molecule has 0 saturated carbocycles. The zero-order valence-corrected chi connectivity index (χ0v) is 13.1. The topological polar surface area (TPSA) is 20.3 Å². The molecule has 0 N–H and O–H groups in total. The van der Waals surface area contributed by atoms with Gasteiger partial charge in [-0.1, -0.05) is 0 Å². The Morgan fingerprint density at radius 1 is 1.47 bits per heavy atom. The maximum Gasteiger partial charge on any atom is 0.161 e. The van der Waals surface area contributed by atoms with E-state index in [1.54, 1.807) is 24.8 Å². The monoisotopic (exact) mass is 283 g/mol. The van der Waals surface area contributed by atoms with E-state index in [0.29, 0.717) is 17.2 Å². The molecule has 1 atom stereocenters. The summed E-state index contributed by atoms with van der Waals surface area (Å²) in [6, 6.07) is 3.43. The van der Waals surface area contributed by atoms with Crippen molar-refractivity contribution in [2.24, 2.45) is 0 Å². The van der Waals surface area contributed by atoms with Gasteiger partial charge in [-0.15, -0.1) is 0 Å². The summed E-state index contributed by atoms with van der Waals surface area (Å²) in [5.41, 5.74) is 1.85. The minimum atomic E-state index is -0.320. The van der Waals surface area contributed by atoms with Gasteiger partial charge in [0, 0.05) is 24.3 Å². The molecule has 106 valence electrons. The number of rotatable bonds is 6. The molecule has 1 aromatic rings. The highest BCUT2D eigenvalue weighted by Gasteiger charge is 2.17. The number of benzene rings is 1. The van der Waals surface area contributed by atoms with Crippen molar-refractivity contribution in [3.63, 3.8) is 0 Å². The first-order chi connectivity index (χ1) is 8.88. The smallest absolute Gasteiger partial charge is 0.161 e. The number of hydrogen-bond donors (Lipinski definition) is 0. The van der Waals surface area contributed by atoms with Crippen LogP contribution >= 0.6 is 11.8 Å². The molecule has 0 fully saturated rings. The van der Waals surface area contributed by atoms with Gasteiger partial charge in [0.25, 0.3) is 0 Å². The Morgan fingerprint density at radius 2 is 2.11 bits per heavy atom. The zero-order chi connectivity index (χ0) is 14.6. The highest BCUT2D eigenvalue weighted by molar-refractivity contribution is 7.98. The number of thioether (sulfide) groups is 1. The number of ketones is 1. The highest BCUT2D eigenvalue weighted by Crippen LogP contribution is 2.26. The molecule has 1 rings (SSSR count). The summed E-state index contributed by atoms with van der Waals surface area (Å²) in [5.74, 6) is 0.651. The standard InChI is InChI=1S/C15H22FNOS/c1-10-8-15(13(12(3)18)9-14(10)16)17(4)11(2)6-7-19-5/h8-9,11H,6-7H2,1-5H3. The molecule has 2 nitrogen and oxygen atoms in total. The first-order valence-corrected chi connectivity index (χ1v) is 7.80. The lowest BCUT2D eigenvalue weighted by Gasteiger charge is -2.29. The molecule has 0 bridgehead atoms. The van der Waals surface area contributed by atoms with E-state index in [2.05, 4.69) is 18.1 Å². The van der Waals surface area contributed by atoms with Crippen LogP contribution < -0.4 is 4.90 Å². The second-order valence-corrected chi connectivity index (χ2v) is 5.90. The van der Waals surface area contributed by atoms with Crippen LogP contribution in [0, 0.1) is 12.7 Å². The van der Waals surface area contributed by atoms with Gasteiger partial charge < -0.3 is 4.90 Å². The zero-order valence-electron chi connectivity index (χ0n) is 12.3. The predicted octanol–water partition coefficient (Wildman–Crippen LogP) is 3.91. The van der Waals surface area contributed by atoms with Gasteiger partial charge in [-0.2, -0.15) is 11.8 Å². The first-order valence-electron chi connectivity index (χ1n) is 6.41. The van der Waals surface area contributed by atoms with Crippen LogP contribution in [-0.4, -0.2) is 30.9 Å². The minimum Gasteiger partial charge on any atom is -0.371 e. The molecule has 0 amide bonds. The summed E-state index contributed by atoms with van der Waals surface area (Å²) in [7, 11) is 1.96. The van der Waals surface area contributed by atoms with Gasteiger partial charge in [0.1, 0.15) is 5.82 Å². The van der Waals surface area contributed by atoms with E-state index < -0.39 is 0 Å². The average Bonchev–Trinajstić information content (AvgIpc) is 2.37. The third kappa shape index (κ3) is 3.96. The molecule has 0 heterocycles. The number of nitrogens with zero attached hydrogens (tertiary/aromatic N) is 1. The summed E-state index contributed by atoms with van der Waals surface area (Å²) in [4.78, 5) is 13.7. The Morgan fingerprint density at radius 3 is 2.63 bits per heavy atom. The number of carbonyl (C=O) groups is 1. The summed E-state index contributed by atoms with van der Waals surface area (Å²) in [6.45, 7) is 5.33. The van der Waals surface area contributed by atoms with Crippen LogP contribution in [-0.2, 0) is 0 Å². The summed E-state index contributed by atoms with van der Waals surface area (Å²) in [5, 5.41) is 0. The Kier molecular flexibility index (Phi) is 5.85. The molecule has 19 heavy (non-hydrogen) atoms. The largest absolute Gasteiger partial charge is 0.371 e. The van der Waals surface area contributed by atoms with E-state index in [1.165, 1.54) is 13.0 Å². The molecular formula is C15H22FNOS. The number of carbonyl (C=O) groups excluding carboxylic acids is 1. The number of hydrogen-bond acceptors (Lipinski definition) is 3. The Labute approximate surface area is 119 Å². The first kappa shape index (κ1) is 16.0. The molecule has 0 saturated heterocycles. The van der Waals surface area contributed by atoms with Crippen molar-refractivity contribution >= 4 is 23.2 Å². The quantitative estimate of drug-likeness (QED) is 0.738. The Bertz CT molecular complexity index is 462. The van der Waals surface area contributed by atoms with E-state index in [-0.39, 0.29) is 11.6 Å². The van der Waals surface area contributed by atoms with Crippen molar-refractivity contribution < 1.29 is 9.18 Å². The summed E-state index contributed by atoms with van der Waals surface area (Å²) in [6.07, 6.45) is 3.11. The van der Waals surface area contributed by atoms with Crippen LogP contribution in [0.3, 0.4) is 0 Å². The van der Waals surface area contributed by atoms with Crippen LogP contribution in [0.5, 0.6) is 0 Å². The van der Waals surface area contributed by atoms with Crippen molar-refractivity contribution in [2.75, 3.05) is 24.0 Å². The lowest BCUT2D eigenvalue weighted by Crippen LogP contribution is -2.30. The maximum atomic E-state index is 13.6. The molecule has 0 aliphatic rings. The Balaban J connectivity index is 3.10. The summed E-state index contributed by atoms with van der Waals surface area (Å²) < 4.78 is 13.6. The molecule has 0 spiro atoms. The Hall–Kier alpha value is -1.03. The fourth-order valence-electron chi connectivity index (χ4n) is 1.96. The average molecular weight is 283 g/mol. The fourth-order valence-corrected chi connectivity index (χ4v) is 2.54. The summed E-state index contributed by atoms with van der Waals surface area (Å²) >= 11 is 1.81. The van der Waals surface area contributed by atoms with E-state index in [4.69, 9.17) is 0 Å². The van der Waals surface area contributed by atoms with Crippen molar-refractivity contribution in [3.8, 4) is 0 Å². The SMILES string of the molecule is CSCCC(C)N(C)c1cc(C)c(F)cc1C(C)=O. The predicted molar refractivity (Wildman–Crippen MR) is 82.0 cm³/mol. The molecule has 4 heteroatoms. The molecule has 0 aliphatic carbocycles. The van der Waals surface area contributed by atoms with Crippen molar-refractivity contribution in [2.45, 2.75) is 33.2 Å². The third-order valence-electron chi connectivity index (χ3n) is 3.44. The van der Waals surface area contributed by atoms with Gasteiger partial charge in [0.15, 0.2) is 5.78 Å². The second kappa shape index (κ2) is 6.94. The van der Waals surface area contributed by atoms with Crippen molar-refractivity contribution in [1.29, 1.82) is 0 Å². The van der Waals surface area contributed by atoms with Crippen LogP contribution in [0.4, 0.5) is 10.1 Å². The van der Waals surface area contributed by atoms with E-state index in [1.807, 2.05) is 7.05 Å². The number of halogens is 1. The van der Waals surface area contributed by atoms with Gasteiger partial charge in [-0.3, -0.25) is 4.79 Å². The van der Waals surface area contributed by atoms with E-state index in [9.17, 15) is 9.18 Å². The molecule has 1 aromatic carbocycles. The van der Waals surface area contributed by atoms with Crippen molar-refractivity contribution in [1.82, 2.24) is 0 Å². The number of anilines is 1. The molecular weight excluding hydrogens is 261 g/mol. The van der Waals surface area contributed by atoms with Gasteiger partial charge in [0.05, 0.1) is 0 Å². The minimum absolute atomic E-state index is 0.0992. The van der Waals surface area contributed by atoms with Crippen molar-refractivity contribution in [3.05, 3.63) is 29.1 Å². The van der Waals surface area contributed by atoms with E-state index in [0.717, 1.165) is 17.9 Å². The molecule has 0 aromatic heterocycles. The molecule has 0 aliphatic heterocycles. The van der Waals surface area contributed by atoms with Crippen LogP contribution in [0.2, 0.25) is 0 Å². The lowest BCUT2D eigenvalue weighted by molar-refractivity contribution is 0.101. The normalized spacial score (nSPS) is 12.3. The molecule has 1 unspecified atom stereocenters. The number of aryl methyl sites for hydroxylation is 1. The number of Topliss-reactive ketones (excluding diaryl/α,β-unsaturated/α-hetero) is 1. The van der Waals surface area contributed by atoms with Gasteiger partial charge in [-0.25, -0.2) is 4.39 Å².